The number of rotatable bonds is 5. The smallest absolute Gasteiger partial charge is 0.339 e. The van der Waals surface area contributed by atoms with Gasteiger partial charge in [-0.05, 0) is 17.5 Å². The van der Waals surface area contributed by atoms with Crippen molar-refractivity contribution in [3.8, 4) is 6.07 Å². The summed E-state index contributed by atoms with van der Waals surface area (Å²) in [6.45, 7) is 0.0378. The number of carbonyl (C=O) groups excluding carboxylic acids is 1. The molecule has 0 aliphatic heterocycles. The van der Waals surface area contributed by atoms with Crippen molar-refractivity contribution < 1.29 is 9.53 Å². The molecule has 2 rings (SSSR count). The van der Waals surface area contributed by atoms with Gasteiger partial charge >= 0.3 is 5.97 Å². The number of aryl methyl sites for hydroxylation is 1. The second-order valence-corrected chi connectivity index (χ2v) is 5.61. The van der Waals surface area contributed by atoms with Gasteiger partial charge < -0.3 is 9.30 Å². The van der Waals surface area contributed by atoms with Crippen LogP contribution in [-0.4, -0.2) is 17.1 Å². The van der Waals surface area contributed by atoms with Crippen molar-refractivity contribution in [2.24, 2.45) is 13.0 Å². The standard InChI is InChI=1S/C15H14N2O3S/c1-17-9-12(4-5-14(17)18)15(19)20-10-11(8-16)7-13-3-2-6-21-13/h2-6,9,11H,7,10H2,1H3/t11-/m0/s1. The van der Waals surface area contributed by atoms with Gasteiger partial charge in [0.2, 0.25) is 5.56 Å². The number of nitrogens with zero attached hydrogens (tertiary/aromatic N) is 2. The molecule has 0 spiro atoms. The molecular weight excluding hydrogens is 288 g/mol. The Morgan fingerprint density at radius 2 is 2.29 bits per heavy atom. The van der Waals surface area contributed by atoms with E-state index in [1.54, 1.807) is 18.4 Å². The maximum Gasteiger partial charge on any atom is 0.339 e. The van der Waals surface area contributed by atoms with E-state index < -0.39 is 5.97 Å². The Morgan fingerprint density at radius 3 is 2.90 bits per heavy atom. The zero-order chi connectivity index (χ0) is 15.2. The Morgan fingerprint density at radius 1 is 1.48 bits per heavy atom. The molecule has 21 heavy (non-hydrogen) atoms. The Hall–Kier alpha value is -2.39. The van der Waals surface area contributed by atoms with Gasteiger partial charge in [0.05, 0.1) is 17.6 Å². The lowest BCUT2D eigenvalue weighted by atomic mass is 10.1. The van der Waals surface area contributed by atoms with E-state index in [9.17, 15) is 9.59 Å². The normalized spacial score (nSPS) is 11.6. The minimum Gasteiger partial charge on any atom is -0.461 e. The van der Waals surface area contributed by atoms with Crippen molar-refractivity contribution in [2.45, 2.75) is 6.42 Å². The van der Waals surface area contributed by atoms with Crippen molar-refractivity contribution in [1.29, 1.82) is 5.26 Å². The number of hydrogen-bond acceptors (Lipinski definition) is 5. The van der Waals surface area contributed by atoms with Gasteiger partial charge in [-0.15, -0.1) is 11.3 Å². The molecule has 0 bridgehead atoms. The lowest BCUT2D eigenvalue weighted by molar-refractivity contribution is 0.0467. The van der Waals surface area contributed by atoms with E-state index in [0.717, 1.165) is 4.88 Å². The highest BCUT2D eigenvalue weighted by Gasteiger charge is 2.14. The third kappa shape index (κ3) is 4.04. The first kappa shape index (κ1) is 15.0. The zero-order valence-electron chi connectivity index (χ0n) is 11.5. The molecule has 0 saturated heterocycles. The van der Waals surface area contributed by atoms with Crippen LogP contribution < -0.4 is 5.56 Å². The molecular formula is C15H14N2O3S. The van der Waals surface area contributed by atoms with Crippen molar-refractivity contribution in [3.05, 3.63) is 56.6 Å². The Labute approximate surface area is 126 Å². The third-order valence-electron chi connectivity index (χ3n) is 2.95. The van der Waals surface area contributed by atoms with Crippen LogP contribution in [0.5, 0.6) is 0 Å². The topological polar surface area (TPSA) is 72.1 Å². The van der Waals surface area contributed by atoms with E-state index in [4.69, 9.17) is 10.00 Å². The first-order chi connectivity index (χ1) is 10.1. The quantitative estimate of drug-likeness (QED) is 0.792. The highest BCUT2D eigenvalue weighted by molar-refractivity contribution is 7.09. The summed E-state index contributed by atoms with van der Waals surface area (Å²) in [5.74, 6) is -0.905. The Kier molecular flexibility index (Phi) is 4.90. The molecule has 0 N–H and O–H groups in total. The highest BCUT2D eigenvalue weighted by atomic mass is 32.1. The van der Waals surface area contributed by atoms with Gasteiger partial charge in [-0.2, -0.15) is 5.26 Å². The number of nitriles is 1. The predicted molar refractivity (Wildman–Crippen MR) is 79.1 cm³/mol. The first-order valence-electron chi connectivity index (χ1n) is 6.36. The fourth-order valence-electron chi connectivity index (χ4n) is 1.79. The van der Waals surface area contributed by atoms with Gasteiger partial charge in [-0.1, -0.05) is 6.07 Å². The van der Waals surface area contributed by atoms with Crippen LogP contribution in [0.4, 0.5) is 0 Å². The maximum atomic E-state index is 11.9. The van der Waals surface area contributed by atoms with Gasteiger partial charge in [0, 0.05) is 30.6 Å². The van der Waals surface area contributed by atoms with E-state index >= 15 is 0 Å². The largest absolute Gasteiger partial charge is 0.461 e. The predicted octanol–water partition coefficient (Wildman–Crippen LogP) is 1.99. The first-order valence-corrected chi connectivity index (χ1v) is 7.24. The second-order valence-electron chi connectivity index (χ2n) is 4.57. The molecule has 0 aliphatic carbocycles. The molecule has 5 nitrogen and oxygen atoms in total. The number of thiophene rings is 1. The zero-order valence-corrected chi connectivity index (χ0v) is 12.3. The van der Waals surface area contributed by atoms with Crippen LogP contribution in [0.1, 0.15) is 15.2 Å². The molecule has 0 aliphatic rings. The van der Waals surface area contributed by atoms with Crippen LogP contribution in [0.3, 0.4) is 0 Å². The molecule has 6 heteroatoms. The van der Waals surface area contributed by atoms with Gasteiger partial charge in [0.1, 0.15) is 6.61 Å². The highest BCUT2D eigenvalue weighted by Crippen LogP contribution is 2.15. The van der Waals surface area contributed by atoms with E-state index in [1.807, 2.05) is 17.5 Å². The van der Waals surface area contributed by atoms with Crippen LogP contribution in [-0.2, 0) is 18.2 Å². The van der Waals surface area contributed by atoms with Gasteiger partial charge in [0.25, 0.3) is 0 Å². The average molecular weight is 302 g/mol. The summed E-state index contributed by atoms with van der Waals surface area (Å²) in [6.07, 6.45) is 1.99. The molecule has 0 fully saturated rings. The SMILES string of the molecule is Cn1cc(C(=O)OC[C@H](C#N)Cc2cccs2)ccc1=O. The number of aromatic nitrogens is 1. The molecule has 0 saturated carbocycles. The molecule has 108 valence electrons. The summed E-state index contributed by atoms with van der Waals surface area (Å²) in [6, 6.07) is 8.74. The number of ether oxygens (including phenoxy) is 1. The fraction of sp³-hybridized carbons (Fsp3) is 0.267. The molecule has 0 amide bonds. The third-order valence-corrected chi connectivity index (χ3v) is 3.85. The van der Waals surface area contributed by atoms with Crippen LogP contribution in [0.25, 0.3) is 0 Å². The summed E-state index contributed by atoms with van der Waals surface area (Å²) >= 11 is 1.57. The Balaban J connectivity index is 1.94. The Bertz CT molecular complexity index is 713. The summed E-state index contributed by atoms with van der Waals surface area (Å²) < 4.78 is 6.46. The van der Waals surface area contributed by atoms with Crippen LogP contribution in [0.2, 0.25) is 0 Å². The molecule has 2 aromatic rings. The van der Waals surface area contributed by atoms with E-state index in [2.05, 4.69) is 6.07 Å². The fourth-order valence-corrected chi connectivity index (χ4v) is 2.57. The minimum atomic E-state index is -0.531. The van der Waals surface area contributed by atoms with Crippen LogP contribution in [0, 0.1) is 17.2 Å². The lowest BCUT2D eigenvalue weighted by Gasteiger charge is -2.09. The van der Waals surface area contributed by atoms with Crippen molar-refractivity contribution in [1.82, 2.24) is 4.57 Å². The van der Waals surface area contributed by atoms with E-state index in [-0.39, 0.29) is 18.1 Å². The number of esters is 1. The van der Waals surface area contributed by atoms with Crippen LogP contribution in [0.15, 0.2) is 40.6 Å². The van der Waals surface area contributed by atoms with Gasteiger partial charge in [-0.3, -0.25) is 4.79 Å². The monoisotopic (exact) mass is 302 g/mol. The average Bonchev–Trinajstić information content (AvgIpc) is 2.99. The summed E-state index contributed by atoms with van der Waals surface area (Å²) in [4.78, 5) is 24.2. The summed E-state index contributed by atoms with van der Waals surface area (Å²) in [5, 5.41) is 11.1. The molecule has 0 radical (unpaired) electrons. The number of carbonyl (C=O) groups is 1. The number of pyridine rings is 1. The van der Waals surface area contributed by atoms with E-state index in [0.29, 0.717) is 12.0 Å². The molecule has 2 heterocycles. The minimum absolute atomic E-state index is 0.0378. The van der Waals surface area contributed by atoms with Gasteiger partial charge in [-0.25, -0.2) is 4.79 Å². The van der Waals surface area contributed by atoms with Crippen LogP contribution >= 0.6 is 11.3 Å². The number of hydrogen-bond donors (Lipinski definition) is 0. The summed E-state index contributed by atoms with van der Waals surface area (Å²) in [7, 11) is 1.56. The van der Waals surface area contributed by atoms with Gasteiger partial charge in [0.15, 0.2) is 0 Å². The van der Waals surface area contributed by atoms with Crippen molar-refractivity contribution in [2.75, 3.05) is 6.61 Å². The van der Waals surface area contributed by atoms with Crippen molar-refractivity contribution in [3.63, 3.8) is 0 Å². The molecule has 0 unspecified atom stereocenters. The van der Waals surface area contributed by atoms with E-state index in [1.165, 1.54) is 22.9 Å². The second kappa shape index (κ2) is 6.86. The lowest BCUT2D eigenvalue weighted by Crippen LogP contribution is -2.19. The molecule has 2 aromatic heterocycles. The maximum absolute atomic E-state index is 11.9. The summed E-state index contributed by atoms with van der Waals surface area (Å²) in [5.41, 5.74) is 0.101. The van der Waals surface area contributed by atoms with Crippen molar-refractivity contribution >= 4 is 17.3 Å². The molecule has 0 aromatic carbocycles. The molecule has 1 atom stereocenters.